The van der Waals surface area contributed by atoms with Crippen molar-refractivity contribution in [2.24, 2.45) is 0 Å². The van der Waals surface area contributed by atoms with Crippen LogP contribution in [0.2, 0.25) is 0 Å². The largest absolute Gasteiger partial charge is 0.497 e. The summed E-state index contributed by atoms with van der Waals surface area (Å²) in [6.45, 7) is 1.96. The van der Waals surface area contributed by atoms with Gasteiger partial charge in [0, 0.05) is 30.1 Å². The first-order valence-electron chi connectivity index (χ1n) is 10.2. The molecule has 0 aliphatic rings. The van der Waals surface area contributed by atoms with E-state index in [0.29, 0.717) is 39.2 Å². The monoisotopic (exact) mass is 428 g/mol. The van der Waals surface area contributed by atoms with Gasteiger partial charge in [0.1, 0.15) is 11.5 Å². The maximum absolute atomic E-state index is 13.7. The average Bonchev–Trinajstić information content (AvgIpc) is 2.83. The normalized spacial score (nSPS) is 10.8. The molecule has 1 aromatic heterocycles. The summed E-state index contributed by atoms with van der Waals surface area (Å²) in [6, 6.07) is 20.0. The van der Waals surface area contributed by atoms with Crippen molar-refractivity contribution < 1.29 is 14.3 Å². The first-order valence-corrected chi connectivity index (χ1v) is 10.2. The van der Waals surface area contributed by atoms with Crippen LogP contribution >= 0.6 is 0 Å². The van der Waals surface area contributed by atoms with Crippen LogP contribution in [0.15, 0.2) is 77.7 Å². The van der Waals surface area contributed by atoms with E-state index in [1.165, 1.54) is 4.57 Å². The van der Waals surface area contributed by atoms with E-state index in [-0.39, 0.29) is 11.5 Å². The van der Waals surface area contributed by atoms with E-state index >= 15 is 0 Å². The first-order chi connectivity index (χ1) is 15.4. The molecule has 0 saturated carbocycles. The summed E-state index contributed by atoms with van der Waals surface area (Å²) in [5.41, 5.74) is 2.48. The zero-order valence-electron chi connectivity index (χ0n) is 18.5. The fraction of sp³-hybridized carbons (Fsp3) is 0.154. The Kier molecular flexibility index (Phi) is 5.69. The zero-order chi connectivity index (χ0) is 22.8. The number of ether oxygens (including phenoxy) is 2. The number of aromatic nitrogens is 1. The molecule has 6 heteroatoms. The summed E-state index contributed by atoms with van der Waals surface area (Å²) in [5, 5.41) is 1.06. The van der Waals surface area contributed by atoms with Crippen LogP contribution in [0.5, 0.6) is 11.5 Å². The number of amides is 1. The van der Waals surface area contributed by atoms with Gasteiger partial charge in [0.05, 0.1) is 31.2 Å². The summed E-state index contributed by atoms with van der Waals surface area (Å²) < 4.78 is 12.3. The van der Waals surface area contributed by atoms with E-state index in [9.17, 15) is 9.59 Å². The molecule has 0 N–H and O–H groups in total. The van der Waals surface area contributed by atoms with Crippen LogP contribution in [0.1, 0.15) is 15.9 Å². The van der Waals surface area contributed by atoms with Crippen molar-refractivity contribution in [3.63, 3.8) is 0 Å². The fourth-order valence-electron chi connectivity index (χ4n) is 3.77. The van der Waals surface area contributed by atoms with E-state index in [1.54, 1.807) is 74.8 Å². The van der Waals surface area contributed by atoms with E-state index in [2.05, 4.69) is 0 Å². The molecule has 32 heavy (non-hydrogen) atoms. The van der Waals surface area contributed by atoms with Gasteiger partial charge in [0.15, 0.2) is 0 Å². The smallest absolute Gasteiger partial charge is 0.262 e. The number of methoxy groups -OCH3 is 2. The minimum atomic E-state index is -0.248. The number of nitrogens with zero attached hydrogens (tertiary/aromatic N) is 2. The van der Waals surface area contributed by atoms with Crippen molar-refractivity contribution in [3.05, 3.63) is 94.4 Å². The Morgan fingerprint density at radius 2 is 1.66 bits per heavy atom. The number of benzene rings is 3. The lowest BCUT2D eigenvalue weighted by atomic mass is 10.1. The van der Waals surface area contributed by atoms with Crippen LogP contribution in [0.25, 0.3) is 16.5 Å². The highest BCUT2D eigenvalue weighted by molar-refractivity contribution is 6.14. The molecule has 3 aromatic carbocycles. The molecule has 0 radical (unpaired) electrons. The van der Waals surface area contributed by atoms with E-state index < -0.39 is 0 Å². The Hall–Kier alpha value is -4.06. The summed E-state index contributed by atoms with van der Waals surface area (Å²) in [4.78, 5) is 28.5. The number of hydrogen-bond acceptors (Lipinski definition) is 4. The molecule has 0 unspecified atom stereocenters. The average molecular weight is 428 g/mol. The van der Waals surface area contributed by atoms with Crippen molar-refractivity contribution in [1.82, 2.24) is 4.57 Å². The number of rotatable bonds is 5. The Bertz CT molecular complexity index is 1370. The second kappa shape index (κ2) is 8.59. The molecule has 1 heterocycles. The standard InChI is InChI=1S/C26H24N2O4/c1-17-12-13-24(32-4)23(14-17)27(2)25(29)22-16-28(18-8-7-9-19(15-18)31-3)26(30)21-11-6-5-10-20(21)22/h5-16H,1-4H3. The van der Waals surface area contributed by atoms with Gasteiger partial charge >= 0.3 is 0 Å². The second-order valence-corrected chi connectivity index (χ2v) is 7.50. The van der Waals surface area contributed by atoms with E-state index in [0.717, 1.165) is 5.56 Å². The van der Waals surface area contributed by atoms with Gasteiger partial charge in [-0.25, -0.2) is 0 Å². The zero-order valence-corrected chi connectivity index (χ0v) is 18.5. The molecule has 0 aliphatic carbocycles. The molecule has 4 aromatic rings. The van der Waals surface area contributed by atoms with Crippen LogP contribution in [-0.4, -0.2) is 31.7 Å². The fourth-order valence-corrected chi connectivity index (χ4v) is 3.77. The molecule has 0 saturated heterocycles. The van der Waals surface area contributed by atoms with Gasteiger partial charge in [-0.1, -0.05) is 30.3 Å². The number of fused-ring (bicyclic) bond motifs is 1. The van der Waals surface area contributed by atoms with Crippen LogP contribution < -0.4 is 19.9 Å². The van der Waals surface area contributed by atoms with Gasteiger partial charge in [0.25, 0.3) is 11.5 Å². The number of anilines is 1. The predicted octanol–water partition coefficient (Wildman–Crippen LogP) is 4.59. The van der Waals surface area contributed by atoms with Crippen molar-refractivity contribution in [1.29, 1.82) is 0 Å². The highest BCUT2D eigenvalue weighted by Gasteiger charge is 2.22. The Labute approximate surface area is 186 Å². The molecular formula is C26H24N2O4. The Morgan fingerprint density at radius 3 is 2.38 bits per heavy atom. The van der Waals surface area contributed by atoms with E-state index in [4.69, 9.17) is 9.47 Å². The van der Waals surface area contributed by atoms with Crippen LogP contribution in [-0.2, 0) is 0 Å². The maximum atomic E-state index is 13.7. The Morgan fingerprint density at radius 1 is 0.906 bits per heavy atom. The summed E-state index contributed by atoms with van der Waals surface area (Å²) >= 11 is 0. The third-order valence-electron chi connectivity index (χ3n) is 5.49. The molecular weight excluding hydrogens is 404 g/mol. The third kappa shape index (κ3) is 3.71. The van der Waals surface area contributed by atoms with Crippen molar-refractivity contribution in [2.45, 2.75) is 6.92 Å². The predicted molar refractivity (Wildman–Crippen MR) is 127 cm³/mol. The first kappa shape index (κ1) is 21.2. The molecule has 0 aliphatic heterocycles. The van der Waals surface area contributed by atoms with Crippen molar-refractivity contribution in [3.8, 4) is 17.2 Å². The lowest BCUT2D eigenvalue weighted by molar-refractivity contribution is 0.0993. The van der Waals surface area contributed by atoms with Crippen molar-refractivity contribution in [2.75, 3.05) is 26.2 Å². The van der Waals surface area contributed by atoms with Gasteiger partial charge in [-0.15, -0.1) is 0 Å². The molecule has 0 atom stereocenters. The van der Waals surface area contributed by atoms with Gasteiger partial charge in [0.2, 0.25) is 0 Å². The van der Waals surface area contributed by atoms with Crippen molar-refractivity contribution >= 4 is 22.4 Å². The molecule has 0 spiro atoms. The molecule has 0 fully saturated rings. The number of pyridine rings is 1. The van der Waals surface area contributed by atoms with Gasteiger partial charge in [-0.3, -0.25) is 14.2 Å². The van der Waals surface area contributed by atoms with Gasteiger partial charge < -0.3 is 14.4 Å². The number of aryl methyl sites for hydroxylation is 1. The lowest BCUT2D eigenvalue weighted by Gasteiger charge is -2.22. The van der Waals surface area contributed by atoms with Gasteiger partial charge in [-0.05, 0) is 42.8 Å². The molecule has 4 rings (SSSR count). The molecule has 6 nitrogen and oxygen atoms in total. The summed E-state index contributed by atoms with van der Waals surface area (Å²) in [7, 11) is 4.85. The highest BCUT2D eigenvalue weighted by atomic mass is 16.5. The quantitative estimate of drug-likeness (QED) is 0.466. The maximum Gasteiger partial charge on any atom is 0.262 e. The summed E-state index contributed by atoms with van der Waals surface area (Å²) in [5.74, 6) is 0.968. The Balaban J connectivity index is 1.92. The topological polar surface area (TPSA) is 60.8 Å². The van der Waals surface area contributed by atoms with E-state index in [1.807, 2.05) is 31.2 Å². The second-order valence-electron chi connectivity index (χ2n) is 7.50. The SMILES string of the molecule is COc1cccc(-n2cc(C(=O)N(C)c3cc(C)ccc3OC)c3ccccc3c2=O)c1. The van der Waals surface area contributed by atoms with Crippen LogP contribution in [0.3, 0.4) is 0 Å². The third-order valence-corrected chi connectivity index (χ3v) is 5.49. The minimum Gasteiger partial charge on any atom is -0.497 e. The number of carbonyl (C=O) groups excluding carboxylic acids is 1. The lowest BCUT2D eigenvalue weighted by Crippen LogP contribution is -2.29. The van der Waals surface area contributed by atoms with Crippen LogP contribution in [0.4, 0.5) is 5.69 Å². The molecule has 162 valence electrons. The highest BCUT2D eigenvalue weighted by Crippen LogP contribution is 2.30. The van der Waals surface area contributed by atoms with Gasteiger partial charge in [-0.2, -0.15) is 0 Å². The van der Waals surface area contributed by atoms with Crippen LogP contribution in [0, 0.1) is 6.92 Å². The number of hydrogen-bond donors (Lipinski definition) is 0. The minimum absolute atomic E-state index is 0.207. The number of carbonyl (C=O) groups is 1. The molecule has 1 amide bonds. The summed E-state index contributed by atoms with van der Waals surface area (Å²) in [6.07, 6.45) is 1.60. The molecule has 0 bridgehead atoms.